The summed E-state index contributed by atoms with van der Waals surface area (Å²) < 4.78 is 11.4. The van der Waals surface area contributed by atoms with Gasteiger partial charge in [0.15, 0.2) is 0 Å². The molecule has 0 saturated carbocycles. The summed E-state index contributed by atoms with van der Waals surface area (Å²) in [5.41, 5.74) is 4.07. The first-order chi connectivity index (χ1) is 14.9. The number of nitrogens with one attached hydrogen (secondary N) is 2. The molecule has 3 rings (SSSR count). The van der Waals surface area contributed by atoms with E-state index in [-0.39, 0.29) is 12.1 Å². The van der Waals surface area contributed by atoms with Gasteiger partial charge in [0, 0.05) is 5.70 Å². The fourth-order valence-corrected chi connectivity index (χ4v) is 3.47. The second-order valence-electron chi connectivity index (χ2n) is 7.97. The summed E-state index contributed by atoms with van der Waals surface area (Å²) in [5, 5.41) is 5.65. The zero-order valence-corrected chi connectivity index (χ0v) is 18.5. The van der Waals surface area contributed by atoms with Crippen molar-refractivity contribution < 1.29 is 19.1 Å². The van der Waals surface area contributed by atoms with Gasteiger partial charge in [-0.1, -0.05) is 55.3 Å². The van der Waals surface area contributed by atoms with Crippen LogP contribution in [0.1, 0.15) is 56.3 Å². The van der Waals surface area contributed by atoms with Crippen LogP contribution in [0.15, 0.2) is 59.8 Å². The molecule has 1 aliphatic rings. The zero-order chi connectivity index (χ0) is 22.4. The molecule has 2 aromatic rings. The van der Waals surface area contributed by atoms with Crippen LogP contribution in [-0.4, -0.2) is 18.1 Å². The lowest BCUT2D eigenvalue weighted by atomic mass is 9.93. The van der Waals surface area contributed by atoms with Gasteiger partial charge in [-0.3, -0.25) is 0 Å². The third-order valence-electron chi connectivity index (χ3n) is 4.93. The van der Waals surface area contributed by atoms with E-state index < -0.39 is 12.0 Å². The van der Waals surface area contributed by atoms with E-state index in [1.807, 2.05) is 62.4 Å². The Morgan fingerprint density at radius 1 is 1.13 bits per heavy atom. The number of carbonyl (C=O) groups excluding carboxylic acids is 2. The van der Waals surface area contributed by atoms with E-state index in [9.17, 15) is 9.59 Å². The van der Waals surface area contributed by atoms with Gasteiger partial charge < -0.3 is 20.1 Å². The average Bonchev–Trinajstić information content (AvgIpc) is 2.73. The summed E-state index contributed by atoms with van der Waals surface area (Å²) in [6.07, 6.45) is 1.11. The Bertz CT molecular complexity index is 964. The molecule has 2 amide bonds. The molecule has 6 nitrogen and oxygen atoms in total. The third-order valence-corrected chi connectivity index (χ3v) is 4.93. The molecule has 0 saturated heterocycles. The lowest BCUT2D eigenvalue weighted by Gasteiger charge is -2.30. The highest BCUT2D eigenvalue weighted by molar-refractivity contribution is 5.95. The van der Waals surface area contributed by atoms with E-state index >= 15 is 0 Å². The quantitative estimate of drug-likeness (QED) is 0.591. The predicted molar refractivity (Wildman–Crippen MR) is 120 cm³/mol. The van der Waals surface area contributed by atoms with Crippen LogP contribution in [-0.2, 0) is 16.1 Å². The zero-order valence-electron chi connectivity index (χ0n) is 18.5. The van der Waals surface area contributed by atoms with Gasteiger partial charge in [-0.15, -0.1) is 0 Å². The van der Waals surface area contributed by atoms with E-state index in [4.69, 9.17) is 9.47 Å². The maximum absolute atomic E-state index is 12.9. The molecule has 2 N–H and O–H groups in total. The van der Waals surface area contributed by atoms with Crippen molar-refractivity contribution in [2.24, 2.45) is 0 Å². The van der Waals surface area contributed by atoms with E-state index in [1.54, 1.807) is 13.8 Å². The summed E-state index contributed by atoms with van der Waals surface area (Å²) >= 11 is 0. The van der Waals surface area contributed by atoms with Crippen LogP contribution >= 0.6 is 0 Å². The molecule has 31 heavy (non-hydrogen) atoms. The van der Waals surface area contributed by atoms with Crippen LogP contribution in [0.5, 0.6) is 5.75 Å². The topological polar surface area (TPSA) is 76.7 Å². The van der Waals surface area contributed by atoms with Crippen molar-refractivity contribution in [3.8, 4) is 5.75 Å². The molecule has 164 valence electrons. The number of esters is 1. The van der Waals surface area contributed by atoms with Crippen LogP contribution < -0.4 is 15.4 Å². The van der Waals surface area contributed by atoms with E-state index in [2.05, 4.69) is 10.6 Å². The molecule has 6 heteroatoms. The van der Waals surface area contributed by atoms with Crippen molar-refractivity contribution in [3.05, 3.63) is 76.5 Å². The SMILES string of the molecule is CCCC1=C(C(=O)OC(C)C)C(c2cccc(OCc3ccc(C)cc3)c2)NC(=O)N1. The minimum atomic E-state index is -0.607. The molecule has 1 atom stereocenters. The largest absolute Gasteiger partial charge is 0.489 e. The number of hydrogen-bond acceptors (Lipinski definition) is 4. The van der Waals surface area contributed by atoms with Crippen molar-refractivity contribution >= 4 is 12.0 Å². The van der Waals surface area contributed by atoms with Gasteiger partial charge >= 0.3 is 12.0 Å². The van der Waals surface area contributed by atoms with Crippen molar-refractivity contribution in [2.45, 2.75) is 59.3 Å². The number of ether oxygens (including phenoxy) is 2. The van der Waals surface area contributed by atoms with Gasteiger partial charge in [-0.2, -0.15) is 0 Å². The van der Waals surface area contributed by atoms with Crippen LogP contribution in [0.2, 0.25) is 0 Å². The summed E-state index contributed by atoms with van der Waals surface area (Å²) in [7, 11) is 0. The van der Waals surface area contributed by atoms with Gasteiger partial charge in [0.1, 0.15) is 12.4 Å². The Morgan fingerprint density at radius 3 is 2.55 bits per heavy atom. The molecule has 0 aromatic heterocycles. The smallest absolute Gasteiger partial charge is 0.338 e. The van der Waals surface area contributed by atoms with Gasteiger partial charge in [0.2, 0.25) is 0 Å². The average molecular weight is 423 g/mol. The summed E-state index contributed by atoms with van der Waals surface area (Å²) in [5.74, 6) is 0.237. The number of amides is 2. The maximum atomic E-state index is 12.9. The first-order valence-electron chi connectivity index (χ1n) is 10.7. The van der Waals surface area contributed by atoms with Crippen LogP contribution in [0.25, 0.3) is 0 Å². The van der Waals surface area contributed by atoms with Crippen molar-refractivity contribution in [1.82, 2.24) is 10.6 Å². The Kier molecular flexibility index (Phi) is 7.34. The standard InChI is InChI=1S/C25H30N2O4/c1-5-7-21-22(24(28)31-16(2)3)23(27-25(29)26-21)19-8-6-9-20(14-19)30-15-18-12-10-17(4)11-13-18/h6,8-14,16,23H,5,7,15H2,1-4H3,(H2,26,27,29). The lowest BCUT2D eigenvalue weighted by molar-refractivity contribution is -0.143. The van der Waals surface area contributed by atoms with E-state index in [0.717, 1.165) is 17.5 Å². The number of aryl methyl sites for hydroxylation is 1. The summed E-state index contributed by atoms with van der Waals surface area (Å²) in [6.45, 7) is 8.09. The molecule has 1 aliphatic heterocycles. The minimum absolute atomic E-state index is 0.259. The van der Waals surface area contributed by atoms with Crippen LogP contribution in [0.3, 0.4) is 0 Å². The number of rotatable bonds is 8. The second kappa shape index (κ2) is 10.2. The minimum Gasteiger partial charge on any atom is -0.489 e. The first-order valence-corrected chi connectivity index (χ1v) is 10.7. The highest BCUT2D eigenvalue weighted by Gasteiger charge is 2.33. The lowest BCUT2D eigenvalue weighted by Crippen LogP contribution is -2.46. The van der Waals surface area contributed by atoms with E-state index in [0.29, 0.717) is 30.0 Å². The Hall–Kier alpha value is -3.28. The molecule has 1 unspecified atom stereocenters. The fourth-order valence-electron chi connectivity index (χ4n) is 3.47. The van der Waals surface area contributed by atoms with Crippen LogP contribution in [0.4, 0.5) is 4.79 Å². The van der Waals surface area contributed by atoms with E-state index in [1.165, 1.54) is 5.56 Å². The maximum Gasteiger partial charge on any atom is 0.338 e. The van der Waals surface area contributed by atoms with Crippen LogP contribution in [0, 0.1) is 6.92 Å². The third kappa shape index (κ3) is 5.87. The fraction of sp³-hybridized carbons (Fsp3) is 0.360. The molecular weight excluding hydrogens is 392 g/mol. The number of urea groups is 1. The Morgan fingerprint density at radius 2 is 1.87 bits per heavy atom. The molecule has 2 aromatic carbocycles. The van der Waals surface area contributed by atoms with Gasteiger partial charge in [-0.05, 0) is 50.5 Å². The van der Waals surface area contributed by atoms with Crippen molar-refractivity contribution in [2.75, 3.05) is 0 Å². The molecule has 0 radical (unpaired) electrons. The number of allylic oxidation sites excluding steroid dienone is 1. The molecule has 0 fully saturated rings. The van der Waals surface area contributed by atoms with Gasteiger partial charge in [0.05, 0.1) is 17.7 Å². The molecule has 1 heterocycles. The second-order valence-corrected chi connectivity index (χ2v) is 7.97. The number of hydrogen-bond donors (Lipinski definition) is 2. The molecular formula is C25H30N2O4. The van der Waals surface area contributed by atoms with Gasteiger partial charge in [-0.25, -0.2) is 9.59 Å². The molecule has 0 aliphatic carbocycles. The highest BCUT2D eigenvalue weighted by atomic mass is 16.5. The normalized spacial score (nSPS) is 16.0. The predicted octanol–water partition coefficient (Wildman–Crippen LogP) is 4.93. The summed E-state index contributed by atoms with van der Waals surface area (Å²) in [4.78, 5) is 25.2. The Labute approximate surface area is 183 Å². The first kappa shape index (κ1) is 22.4. The number of benzene rings is 2. The van der Waals surface area contributed by atoms with Crippen molar-refractivity contribution in [3.63, 3.8) is 0 Å². The molecule has 0 spiro atoms. The molecule has 0 bridgehead atoms. The monoisotopic (exact) mass is 422 g/mol. The van der Waals surface area contributed by atoms with Crippen molar-refractivity contribution in [1.29, 1.82) is 0 Å². The van der Waals surface area contributed by atoms with Gasteiger partial charge in [0.25, 0.3) is 0 Å². The Balaban J connectivity index is 1.88. The highest BCUT2D eigenvalue weighted by Crippen LogP contribution is 2.31. The number of carbonyl (C=O) groups is 2. The summed E-state index contributed by atoms with van der Waals surface area (Å²) in [6, 6.07) is 14.7.